The van der Waals surface area contributed by atoms with Crippen LogP contribution in [0, 0.1) is 19.7 Å². The molecule has 0 aromatic heterocycles. The standard InChI is InChI=1S/C14H21FO/c1-4-5-6-7-13(16)14-11(3)8-10(2)9-12(14)15/h8-9,13,16H,4-7H2,1-3H3. The van der Waals surface area contributed by atoms with Gasteiger partial charge < -0.3 is 5.11 Å². The van der Waals surface area contributed by atoms with Gasteiger partial charge in [-0.25, -0.2) is 4.39 Å². The van der Waals surface area contributed by atoms with E-state index in [0.717, 1.165) is 30.4 Å². The van der Waals surface area contributed by atoms with E-state index in [0.29, 0.717) is 12.0 Å². The Kier molecular flexibility index (Phi) is 4.94. The van der Waals surface area contributed by atoms with Crippen LogP contribution in [-0.2, 0) is 0 Å². The number of hydrogen-bond donors (Lipinski definition) is 1. The lowest BCUT2D eigenvalue weighted by Gasteiger charge is -2.15. The molecular weight excluding hydrogens is 203 g/mol. The van der Waals surface area contributed by atoms with E-state index in [4.69, 9.17) is 0 Å². The van der Waals surface area contributed by atoms with Crippen molar-refractivity contribution in [3.63, 3.8) is 0 Å². The van der Waals surface area contributed by atoms with Gasteiger partial charge in [0.2, 0.25) is 0 Å². The Bertz CT molecular complexity index is 324. The van der Waals surface area contributed by atoms with Gasteiger partial charge in [-0.1, -0.05) is 32.3 Å². The molecule has 0 fully saturated rings. The highest BCUT2D eigenvalue weighted by Crippen LogP contribution is 2.26. The van der Waals surface area contributed by atoms with Crippen molar-refractivity contribution in [3.8, 4) is 0 Å². The van der Waals surface area contributed by atoms with Crippen molar-refractivity contribution >= 4 is 0 Å². The third-order valence-corrected chi connectivity index (χ3v) is 2.90. The smallest absolute Gasteiger partial charge is 0.129 e. The molecular formula is C14H21FO. The summed E-state index contributed by atoms with van der Waals surface area (Å²) in [7, 11) is 0. The zero-order chi connectivity index (χ0) is 12.1. The summed E-state index contributed by atoms with van der Waals surface area (Å²) in [6, 6.07) is 3.41. The van der Waals surface area contributed by atoms with Crippen LogP contribution in [0.3, 0.4) is 0 Å². The molecule has 0 saturated heterocycles. The molecule has 2 heteroatoms. The number of hydrogen-bond acceptors (Lipinski definition) is 1. The summed E-state index contributed by atoms with van der Waals surface area (Å²) >= 11 is 0. The van der Waals surface area contributed by atoms with Crippen LogP contribution in [0.25, 0.3) is 0 Å². The summed E-state index contributed by atoms with van der Waals surface area (Å²) in [6.45, 7) is 5.84. The normalized spacial score (nSPS) is 12.8. The molecule has 1 nitrogen and oxygen atoms in total. The Labute approximate surface area is 97.3 Å². The van der Waals surface area contributed by atoms with Crippen molar-refractivity contribution in [1.82, 2.24) is 0 Å². The minimum absolute atomic E-state index is 0.276. The Hall–Kier alpha value is -0.890. The van der Waals surface area contributed by atoms with Gasteiger partial charge >= 0.3 is 0 Å². The second kappa shape index (κ2) is 6.00. The van der Waals surface area contributed by atoms with Crippen LogP contribution in [-0.4, -0.2) is 5.11 Å². The largest absolute Gasteiger partial charge is 0.388 e. The van der Waals surface area contributed by atoms with Gasteiger partial charge in [0.05, 0.1) is 6.10 Å². The zero-order valence-electron chi connectivity index (χ0n) is 10.4. The average molecular weight is 224 g/mol. The number of aliphatic hydroxyl groups is 1. The molecule has 0 spiro atoms. The number of rotatable bonds is 5. The molecule has 1 rings (SSSR count). The topological polar surface area (TPSA) is 20.2 Å². The van der Waals surface area contributed by atoms with Crippen molar-refractivity contribution < 1.29 is 9.50 Å². The summed E-state index contributed by atoms with van der Waals surface area (Å²) < 4.78 is 13.7. The Morgan fingerprint density at radius 2 is 1.94 bits per heavy atom. The van der Waals surface area contributed by atoms with Crippen molar-refractivity contribution in [2.45, 2.75) is 52.6 Å². The van der Waals surface area contributed by atoms with Gasteiger partial charge in [-0.3, -0.25) is 0 Å². The molecule has 90 valence electrons. The first-order chi connectivity index (χ1) is 7.56. The number of halogens is 1. The highest BCUT2D eigenvalue weighted by molar-refractivity contribution is 5.33. The van der Waals surface area contributed by atoms with E-state index in [-0.39, 0.29) is 5.82 Å². The van der Waals surface area contributed by atoms with Crippen LogP contribution in [0.15, 0.2) is 12.1 Å². The van der Waals surface area contributed by atoms with Crippen LogP contribution in [0.1, 0.15) is 55.4 Å². The molecule has 0 aliphatic carbocycles. The molecule has 1 atom stereocenters. The summed E-state index contributed by atoms with van der Waals surface area (Å²) in [5.74, 6) is -0.276. The van der Waals surface area contributed by atoms with E-state index in [1.807, 2.05) is 19.9 Å². The van der Waals surface area contributed by atoms with Crippen LogP contribution in [0.5, 0.6) is 0 Å². The van der Waals surface area contributed by atoms with Gasteiger partial charge in [-0.15, -0.1) is 0 Å². The van der Waals surface area contributed by atoms with Crippen molar-refractivity contribution in [2.75, 3.05) is 0 Å². The highest BCUT2D eigenvalue weighted by Gasteiger charge is 2.15. The lowest BCUT2D eigenvalue weighted by molar-refractivity contribution is 0.158. The third-order valence-electron chi connectivity index (χ3n) is 2.90. The van der Waals surface area contributed by atoms with Gasteiger partial charge in [-0.2, -0.15) is 0 Å². The van der Waals surface area contributed by atoms with Crippen molar-refractivity contribution in [2.24, 2.45) is 0 Å². The van der Waals surface area contributed by atoms with E-state index in [1.165, 1.54) is 6.07 Å². The monoisotopic (exact) mass is 224 g/mol. The van der Waals surface area contributed by atoms with Gasteiger partial charge in [0.25, 0.3) is 0 Å². The summed E-state index contributed by atoms with van der Waals surface area (Å²) in [5.41, 5.74) is 2.22. The molecule has 0 radical (unpaired) electrons. The lowest BCUT2D eigenvalue weighted by atomic mass is 9.97. The maximum Gasteiger partial charge on any atom is 0.129 e. The van der Waals surface area contributed by atoms with E-state index in [9.17, 15) is 9.50 Å². The second-order valence-corrected chi connectivity index (χ2v) is 4.49. The zero-order valence-corrected chi connectivity index (χ0v) is 10.4. The first-order valence-corrected chi connectivity index (χ1v) is 6.01. The molecule has 0 aliphatic heterocycles. The Morgan fingerprint density at radius 1 is 1.25 bits per heavy atom. The summed E-state index contributed by atoms with van der Waals surface area (Å²) in [6.07, 6.45) is 3.14. The fourth-order valence-electron chi connectivity index (χ4n) is 2.08. The molecule has 1 aromatic rings. The van der Waals surface area contributed by atoms with Crippen molar-refractivity contribution in [1.29, 1.82) is 0 Å². The van der Waals surface area contributed by atoms with Gasteiger partial charge in [0, 0.05) is 5.56 Å². The molecule has 0 bridgehead atoms. The number of unbranched alkanes of at least 4 members (excludes halogenated alkanes) is 2. The number of aliphatic hydroxyl groups excluding tert-OH is 1. The first-order valence-electron chi connectivity index (χ1n) is 6.01. The predicted molar refractivity (Wildman–Crippen MR) is 65.0 cm³/mol. The maximum atomic E-state index is 13.7. The van der Waals surface area contributed by atoms with Crippen molar-refractivity contribution in [3.05, 3.63) is 34.6 Å². The van der Waals surface area contributed by atoms with Crippen LogP contribution in [0.4, 0.5) is 4.39 Å². The minimum Gasteiger partial charge on any atom is -0.388 e. The van der Waals surface area contributed by atoms with E-state index >= 15 is 0 Å². The van der Waals surface area contributed by atoms with Gasteiger partial charge in [0.15, 0.2) is 0 Å². The molecule has 16 heavy (non-hydrogen) atoms. The summed E-state index contributed by atoms with van der Waals surface area (Å²) in [5, 5.41) is 9.96. The fourth-order valence-corrected chi connectivity index (χ4v) is 2.08. The fraction of sp³-hybridized carbons (Fsp3) is 0.571. The molecule has 0 heterocycles. The average Bonchev–Trinajstić information content (AvgIpc) is 2.16. The quantitative estimate of drug-likeness (QED) is 0.748. The maximum absolute atomic E-state index is 13.7. The van der Waals surface area contributed by atoms with Crippen LogP contribution < -0.4 is 0 Å². The van der Waals surface area contributed by atoms with Crippen LogP contribution in [0.2, 0.25) is 0 Å². The molecule has 1 aromatic carbocycles. The van der Waals surface area contributed by atoms with E-state index < -0.39 is 6.10 Å². The SMILES string of the molecule is CCCCCC(O)c1c(C)cc(C)cc1F. The molecule has 0 aliphatic rings. The molecule has 0 amide bonds. The molecule has 1 unspecified atom stereocenters. The first kappa shape index (κ1) is 13.2. The third kappa shape index (κ3) is 3.31. The van der Waals surface area contributed by atoms with E-state index in [1.54, 1.807) is 0 Å². The number of aryl methyl sites for hydroxylation is 2. The Balaban J connectivity index is 2.78. The predicted octanol–water partition coefficient (Wildman–Crippen LogP) is 4.06. The van der Waals surface area contributed by atoms with Gasteiger partial charge in [0.1, 0.15) is 5.82 Å². The minimum atomic E-state index is -0.660. The van der Waals surface area contributed by atoms with Crippen LogP contribution >= 0.6 is 0 Å². The second-order valence-electron chi connectivity index (χ2n) is 4.49. The van der Waals surface area contributed by atoms with Gasteiger partial charge in [-0.05, 0) is 37.5 Å². The molecule has 1 N–H and O–H groups in total. The van der Waals surface area contributed by atoms with E-state index in [2.05, 4.69) is 6.92 Å². The number of benzene rings is 1. The Morgan fingerprint density at radius 3 is 2.50 bits per heavy atom. The highest BCUT2D eigenvalue weighted by atomic mass is 19.1. The molecule has 0 saturated carbocycles. The lowest BCUT2D eigenvalue weighted by Crippen LogP contribution is -2.04. The summed E-state index contributed by atoms with van der Waals surface area (Å²) in [4.78, 5) is 0.